The first-order valence-corrected chi connectivity index (χ1v) is 13.3. The quantitative estimate of drug-likeness (QED) is 0.182. The van der Waals surface area contributed by atoms with Crippen molar-refractivity contribution in [3.05, 3.63) is 96.5 Å². The number of non-ortho nitro benzene ring substituents is 1. The number of thioether (sulfide) groups is 1. The molecule has 1 aliphatic heterocycles. The van der Waals surface area contributed by atoms with Crippen LogP contribution in [0.25, 0.3) is 0 Å². The molecule has 36 heavy (non-hydrogen) atoms. The van der Waals surface area contributed by atoms with Crippen LogP contribution in [0, 0.1) is 26.1 Å². The van der Waals surface area contributed by atoms with E-state index < -0.39 is 10.3 Å². The molecule has 5 rings (SSSR count). The molecule has 0 radical (unpaired) electrons. The second-order valence-corrected chi connectivity index (χ2v) is 11.5. The van der Waals surface area contributed by atoms with Gasteiger partial charge in [0.2, 0.25) is 0 Å². The monoisotopic (exact) mass is 589 g/mol. The lowest BCUT2D eigenvalue weighted by molar-refractivity contribution is -0.387. The maximum Gasteiger partial charge on any atom is 0.282 e. The summed E-state index contributed by atoms with van der Waals surface area (Å²) in [6.45, 7) is 0. The molecule has 1 N–H and O–H groups in total. The van der Waals surface area contributed by atoms with Gasteiger partial charge in [-0.05, 0) is 41.7 Å². The minimum atomic E-state index is -0.434. The predicted molar refractivity (Wildman–Crippen MR) is 143 cm³/mol. The molecule has 0 unspecified atom stereocenters. The van der Waals surface area contributed by atoms with Crippen molar-refractivity contribution >= 4 is 56.4 Å². The Hall–Kier alpha value is -2.82. The molecule has 0 spiro atoms. The topological polar surface area (TPSA) is 108 Å². The standard InChI is InChI=1S/C25H21BrClN3O5S/c1-35-19-11-15(29(31)32)10-16-22-17(24(28-25(16)19)13-6-8-14(26)9-7-13)12-21(23(22)27)36-20-5-3-2-4-18(20)30(33)34/h2-11,17,21-24,28H,12H2,1H3/t17-,21+,22+,23+,24-/m0/s1. The van der Waals surface area contributed by atoms with E-state index in [0.717, 1.165) is 15.6 Å². The fourth-order valence-corrected chi connectivity index (χ4v) is 7.52. The van der Waals surface area contributed by atoms with Crippen LogP contribution in [0.1, 0.15) is 29.5 Å². The summed E-state index contributed by atoms with van der Waals surface area (Å²) in [7, 11) is 1.49. The Kier molecular flexibility index (Phi) is 6.84. The van der Waals surface area contributed by atoms with E-state index in [9.17, 15) is 20.2 Å². The highest BCUT2D eigenvalue weighted by molar-refractivity contribution is 9.10. The number of nitro groups is 2. The van der Waals surface area contributed by atoms with Gasteiger partial charge in [0, 0.05) is 27.8 Å². The number of nitro benzene ring substituents is 2. The van der Waals surface area contributed by atoms with Crippen molar-refractivity contribution in [2.75, 3.05) is 12.4 Å². The number of hydrogen-bond acceptors (Lipinski definition) is 7. The number of rotatable bonds is 6. The van der Waals surface area contributed by atoms with E-state index in [2.05, 4.69) is 21.2 Å². The fraction of sp³-hybridized carbons (Fsp3) is 0.280. The predicted octanol–water partition coefficient (Wildman–Crippen LogP) is 7.31. The maximum absolute atomic E-state index is 11.7. The third kappa shape index (κ3) is 4.42. The molecule has 0 aromatic heterocycles. The Labute approximate surface area is 224 Å². The Morgan fingerprint density at radius 2 is 1.81 bits per heavy atom. The van der Waals surface area contributed by atoms with Gasteiger partial charge in [0.15, 0.2) is 0 Å². The number of methoxy groups -OCH3 is 1. The van der Waals surface area contributed by atoms with Crippen LogP contribution in [0.4, 0.5) is 17.1 Å². The molecule has 0 bridgehead atoms. The largest absolute Gasteiger partial charge is 0.494 e. The minimum Gasteiger partial charge on any atom is -0.494 e. The first-order chi connectivity index (χ1) is 17.3. The molecule has 1 saturated carbocycles. The number of nitrogens with zero attached hydrogens (tertiary/aromatic N) is 2. The number of ether oxygens (including phenoxy) is 1. The molecule has 1 aliphatic carbocycles. The Morgan fingerprint density at radius 3 is 2.47 bits per heavy atom. The van der Waals surface area contributed by atoms with Crippen molar-refractivity contribution < 1.29 is 14.6 Å². The lowest BCUT2D eigenvalue weighted by Gasteiger charge is -2.38. The van der Waals surface area contributed by atoms with Crippen LogP contribution in [0.15, 0.2) is 70.0 Å². The van der Waals surface area contributed by atoms with Gasteiger partial charge in [-0.15, -0.1) is 23.4 Å². The van der Waals surface area contributed by atoms with E-state index in [0.29, 0.717) is 22.8 Å². The third-order valence-electron chi connectivity index (χ3n) is 6.87. The highest BCUT2D eigenvalue weighted by atomic mass is 79.9. The van der Waals surface area contributed by atoms with E-state index in [-0.39, 0.29) is 39.4 Å². The average molecular weight is 591 g/mol. The summed E-state index contributed by atoms with van der Waals surface area (Å²) in [4.78, 5) is 23.0. The van der Waals surface area contributed by atoms with Crippen molar-refractivity contribution in [1.29, 1.82) is 0 Å². The van der Waals surface area contributed by atoms with Crippen LogP contribution in [0.2, 0.25) is 0 Å². The van der Waals surface area contributed by atoms with E-state index >= 15 is 0 Å². The average Bonchev–Trinajstić information content (AvgIpc) is 3.19. The lowest BCUT2D eigenvalue weighted by atomic mass is 9.77. The molecule has 3 aromatic rings. The van der Waals surface area contributed by atoms with Gasteiger partial charge in [-0.1, -0.05) is 40.2 Å². The number of para-hydroxylation sites is 1. The van der Waals surface area contributed by atoms with Crippen molar-refractivity contribution in [2.24, 2.45) is 5.92 Å². The van der Waals surface area contributed by atoms with Crippen LogP contribution >= 0.6 is 39.3 Å². The zero-order valence-corrected chi connectivity index (χ0v) is 22.1. The second kappa shape index (κ2) is 9.91. The molecule has 186 valence electrons. The number of benzene rings is 3. The molecule has 0 saturated heterocycles. The first kappa shape index (κ1) is 24.9. The first-order valence-electron chi connectivity index (χ1n) is 11.2. The summed E-state index contributed by atoms with van der Waals surface area (Å²) >= 11 is 12.0. The van der Waals surface area contributed by atoms with Crippen molar-refractivity contribution in [3.63, 3.8) is 0 Å². The number of anilines is 1. The molecule has 8 nitrogen and oxygen atoms in total. The second-order valence-electron chi connectivity index (χ2n) is 8.79. The Balaban J connectivity index is 1.60. The molecule has 2 aliphatic rings. The van der Waals surface area contributed by atoms with Gasteiger partial charge >= 0.3 is 0 Å². The van der Waals surface area contributed by atoms with Gasteiger partial charge in [0.1, 0.15) is 5.75 Å². The Bertz CT molecular complexity index is 1340. The van der Waals surface area contributed by atoms with Crippen molar-refractivity contribution in [2.45, 2.75) is 33.9 Å². The number of halogens is 2. The number of hydrogen-bond donors (Lipinski definition) is 1. The van der Waals surface area contributed by atoms with Gasteiger partial charge < -0.3 is 10.1 Å². The van der Waals surface area contributed by atoms with Gasteiger partial charge in [-0.3, -0.25) is 20.2 Å². The molecule has 0 amide bonds. The van der Waals surface area contributed by atoms with Gasteiger partial charge in [0.25, 0.3) is 11.4 Å². The van der Waals surface area contributed by atoms with E-state index in [1.54, 1.807) is 24.3 Å². The minimum absolute atomic E-state index is 0.00755. The summed E-state index contributed by atoms with van der Waals surface area (Å²) in [6.07, 6.45) is 0.674. The molecule has 1 fully saturated rings. The fourth-order valence-electron chi connectivity index (χ4n) is 5.31. The number of nitrogens with one attached hydrogen (secondary N) is 1. The zero-order chi connectivity index (χ0) is 25.6. The highest BCUT2D eigenvalue weighted by Gasteiger charge is 2.51. The molecule has 11 heteroatoms. The van der Waals surface area contributed by atoms with Crippen molar-refractivity contribution in [3.8, 4) is 5.75 Å². The summed E-state index contributed by atoms with van der Waals surface area (Å²) < 4.78 is 6.51. The van der Waals surface area contributed by atoms with Crippen molar-refractivity contribution in [1.82, 2.24) is 0 Å². The molecular formula is C25H21BrClN3O5S. The smallest absolute Gasteiger partial charge is 0.282 e. The summed E-state index contributed by atoms with van der Waals surface area (Å²) in [6, 6.07) is 17.5. The van der Waals surface area contributed by atoms with Crippen LogP contribution in [-0.4, -0.2) is 27.6 Å². The Morgan fingerprint density at radius 1 is 1.08 bits per heavy atom. The molecule has 5 atom stereocenters. The molecule has 3 aromatic carbocycles. The number of alkyl halides is 1. The summed E-state index contributed by atoms with van der Waals surface area (Å²) in [5, 5.41) is 26.3. The maximum atomic E-state index is 11.7. The van der Waals surface area contributed by atoms with Crippen LogP contribution in [0.5, 0.6) is 5.75 Å². The van der Waals surface area contributed by atoms with Gasteiger partial charge in [-0.2, -0.15) is 0 Å². The lowest BCUT2D eigenvalue weighted by Crippen LogP contribution is -2.31. The van der Waals surface area contributed by atoms with Gasteiger partial charge in [-0.25, -0.2) is 0 Å². The summed E-state index contributed by atoms with van der Waals surface area (Å²) in [5.41, 5.74) is 2.47. The molecular weight excluding hydrogens is 570 g/mol. The number of fused-ring (bicyclic) bond motifs is 3. The van der Waals surface area contributed by atoms with E-state index in [1.807, 2.05) is 24.3 Å². The zero-order valence-electron chi connectivity index (χ0n) is 19.0. The van der Waals surface area contributed by atoms with E-state index in [1.165, 1.54) is 31.0 Å². The normalized spacial score (nSPS) is 24.4. The van der Waals surface area contributed by atoms with Crippen LogP contribution in [0.3, 0.4) is 0 Å². The third-order valence-corrected chi connectivity index (χ3v) is 9.51. The van der Waals surface area contributed by atoms with E-state index in [4.69, 9.17) is 16.3 Å². The van der Waals surface area contributed by atoms with Gasteiger partial charge in [0.05, 0.1) is 45.0 Å². The van der Waals surface area contributed by atoms with Crippen LogP contribution < -0.4 is 10.1 Å². The van der Waals surface area contributed by atoms with Crippen LogP contribution in [-0.2, 0) is 0 Å². The SMILES string of the molecule is COc1cc([N+](=O)[O-])cc2c1N[C@@H](c1ccc(Br)cc1)[C@H]1C[C@@H](Sc3ccccc3[N+](=O)[O-])[C@@H](Cl)[C@H]21. The summed E-state index contributed by atoms with van der Waals surface area (Å²) in [5.74, 6) is 0.178. The molecule has 1 heterocycles. The highest BCUT2D eigenvalue weighted by Crippen LogP contribution is 2.60.